The van der Waals surface area contributed by atoms with Crippen LogP contribution in [0.2, 0.25) is 0 Å². The molecule has 4 heteroatoms. The van der Waals surface area contributed by atoms with Crippen LogP contribution in [0.4, 0.5) is 0 Å². The number of carbonyl (C=O) groups excluding carboxylic acids is 2. The molecule has 24 heavy (non-hydrogen) atoms. The van der Waals surface area contributed by atoms with E-state index in [1.807, 2.05) is 30.4 Å². The van der Waals surface area contributed by atoms with E-state index in [0.717, 1.165) is 18.4 Å². The van der Waals surface area contributed by atoms with Gasteiger partial charge in [0.05, 0.1) is 0 Å². The number of benzene rings is 1. The maximum Gasteiger partial charge on any atom is 0.303 e. The molecule has 1 saturated carbocycles. The van der Waals surface area contributed by atoms with Crippen LogP contribution in [0.15, 0.2) is 48.1 Å². The fourth-order valence-electron chi connectivity index (χ4n) is 3.69. The van der Waals surface area contributed by atoms with Gasteiger partial charge in [-0.3, -0.25) is 9.59 Å². The quantitative estimate of drug-likeness (QED) is 0.630. The van der Waals surface area contributed by atoms with Crippen LogP contribution in [-0.4, -0.2) is 24.1 Å². The van der Waals surface area contributed by atoms with Crippen LogP contribution in [0.25, 0.3) is 6.08 Å². The summed E-state index contributed by atoms with van der Waals surface area (Å²) in [6, 6.07) is 10.1. The Balaban J connectivity index is 1.91. The van der Waals surface area contributed by atoms with Crippen molar-refractivity contribution in [2.75, 3.05) is 0 Å². The zero-order valence-corrected chi connectivity index (χ0v) is 14.0. The van der Waals surface area contributed by atoms with Crippen LogP contribution >= 0.6 is 0 Å². The van der Waals surface area contributed by atoms with E-state index in [-0.39, 0.29) is 36.0 Å². The highest BCUT2D eigenvalue weighted by Gasteiger charge is 2.41. The second kappa shape index (κ2) is 7.04. The van der Waals surface area contributed by atoms with E-state index in [4.69, 9.17) is 9.47 Å². The van der Waals surface area contributed by atoms with Crippen molar-refractivity contribution < 1.29 is 19.1 Å². The molecule has 0 aromatic heterocycles. The first-order valence-corrected chi connectivity index (χ1v) is 8.31. The molecule has 0 saturated heterocycles. The molecular weight excluding hydrogens is 304 g/mol. The summed E-state index contributed by atoms with van der Waals surface area (Å²) >= 11 is 0. The molecule has 0 amide bonds. The Hall–Kier alpha value is -2.36. The third-order valence-electron chi connectivity index (χ3n) is 4.64. The maximum atomic E-state index is 11.5. The minimum Gasteiger partial charge on any atom is -0.458 e. The minimum absolute atomic E-state index is 0.135. The Morgan fingerprint density at radius 3 is 2.29 bits per heavy atom. The molecule has 126 valence electrons. The third-order valence-corrected chi connectivity index (χ3v) is 4.64. The number of carbonyl (C=O) groups is 2. The summed E-state index contributed by atoms with van der Waals surface area (Å²) in [5, 5.41) is 0. The van der Waals surface area contributed by atoms with Gasteiger partial charge >= 0.3 is 11.9 Å². The van der Waals surface area contributed by atoms with E-state index in [1.165, 1.54) is 19.4 Å². The smallest absolute Gasteiger partial charge is 0.303 e. The van der Waals surface area contributed by atoms with Crippen LogP contribution in [-0.2, 0) is 19.1 Å². The topological polar surface area (TPSA) is 52.6 Å². The van der Waals surface area contributed by atoms with E-state index < -0.39 is 0 Å². The first-order chi connectivity index (χ1) is 11.5. The van der Waals surface area contributed by atoms with E-state index in [9.17, 15) is 9.59 Å². The molecule has 0 spiro atoms. The second-order valence-electron chi connectivity index (χ2n) is 6.47. The van der Waals surface area contributed by atoms with Gasteiger partial charge in [0, 0.05) is 25.7 Å². The minimum atomic E-state index is -0.303. The highest BCUT2D eigenvalue weighted by molar-refractivity contribution is 5.67. The van der Waals surface area contributed by atoms with E-state index >= 15 is 0 Å². The van der Waals surface area contributed by atoms with E-state index in [0.29, 0.717) is 0 Å². The van der Waals surface area contributed by atoms with Crippen LogP contribution in [0.5, 0.6) is 0 Å². The van der Waals surface area contributed by atoms with Crippen molar-refractivity contribution >= 4 is 18.0 Å². The van der Waals surface area contributed by atoms with Gasteiger partial charge in [-0.05, 0) is 30.6 Å². The molecule has 2 aliphatic carbocycles. The summed E-state index contributed by atoms with van der Waals surface area (Å²) in [6.45, 7) is 2.85. The van der Waals surface area contributed by atoms with Gasteiger partial charge in [0.1, 0.15) is 12.2 Å². The summed E-state index contributed by atoms with van der Waals surface area (Å²) in [4.78, 5) is 22.8. The fourth-order valence-corrected chi connectivity index (χ4v) is 3.69. The van der Waals surface area contributed by atoms with Gasteiger partial charge in [-0.1, -0.05) is 42.0 Å². The predicted molar refractivity (Wildman–Crippen MR) is 90.9 cm³/mol. The van der Waals surface area contributed by atoms with Gasteiger partial charge in [0.2, 0.25) is 0 Å². The number of rotatable bonds is 3. The molecular formula is C20H22O4. The molecule has 0 heterocycles. The van der Waals surface area contributed by atoms with Gasteiger partial charge in [0.25, 0.3) is 0 Å². The molecule has 2 aliphatic rings. The largest absolute Gasteiger partial charge is 0.458 e. The molecule has 0 aliphatic heterocycles. The molecule has 0 N–H and O–H groups in total. The Labute approximate surface area is 142 Å². The number of hydrogen-bond acceptors (Lipinski definition) is 4. The lowest BCUT2D eigenvalue weighted by molar-refractivity contribution is -0.146. The molecule has 4 nitrogen and oxygen atoms in total. The number of hydrogen-bond donors (Lipinski definition) is 0. The Morgan fingerprint density at radius 2 is 1.62 bits per heavy atom. The highest BCUT2D eigenvalue weighted by atomic mass is 16.5. The zero-order valence-electron chi connectivity index (χ0n) is 14.0. The normalized spacial score (nSPS) is 30.0. The first kappa shape index (κ1) is 16.5. The fraction of sp³-hybridized carbons (Fsp3) is 0.400. The average molecular weight is 326 g/mol. The van der Waals surface area contributed by atoms with Crippen LogP contribution in [0.1, 0.15) is 32.3 Å². The monoisotopic (exact) mass is 326 g/mol. The third kappa shape index (κ3) is 3.75. The van der Waals surface area contributed by atoms with Crippen LogP contribution in [0.3, 0.4) is 0 Å². The SMILES string of the molecule is CC(=O)O[C@H]1C=C[C@@H](OC(C)=O)[C@@H]2C/C(=C\c3ccccc3)[C@H]1C2. The molecule has 1 fully saturated rings. The molecule has 3 rings (SSSR count). The van der Waals surface area contributed by atoms with E-state index in [1.54, 1.807) is 0 Å². The number of esters is 2. The Morgan fingerprint density at radius 1 is 1.00 bits per heavy atom. The van der Waals surface area contributed by atoms with Gasteiger partial charge in [-0.2, -0.15) is 0 Å². The van der Waals surface area contributed by atoms with Crippen LogP contribution in [0, 0.1) is 11.8 Å². The first-order valence-electron chi connectivity index (χ1n) is 8.31. The average Bonchev–Trinajstić information content (AvgIpc) is 2.86. The Kier molecular flexibility index (Phi) is 4.84. The van der Waals surface area contributed by atoms with Crippen molar-refractivity contribution in [2.24, 2.45) is 11.8 Å². The lowest BCUT2D eigenvalue weighted by Crippen LogP contribution is -2.23. The summed E-state index contributed by atoms with van der Waals surface area (Å²) < 4.78 is 11.0. The standard InChI is InChI=1S/C20H22O4/c1-13(21)23-19-8-9-20(24-14(2)22)18-12-17(19)11-16(18)10-15-6-4-3-5-7-15/h3-10,17-20H,11-12H2,1-2H3/b16-10+/t17-,18-,19-,20+/m1/s1. The molecule has 1 aromatic carbocycles. The lowest BCUT2D eigenvalue weighted by atomic mass is 9.94. The molecule has 0 unspecified atom stereocenters. The van der Waals surface area contributed by atoms with Crippen molar-refractivity contribution in [2.45, 2.75) is 38.9 Å². The Bertz CT molecular complexity index is 674. The van der Waals surface area contributed by atoms with Crippen molar-refractivity contribution in [3.8, 4) is 0 Å². The van der Waals surface area contributed by atoms with E-state index in [2.05, 4.69) is 18.2 Å². The molecule has 2 bridgehead atoms. The number of ether oxygens (including phenoxy) is 2. The number of fused-ring (bicyclic) bond motifs is 2. The zero-order chi connectivity index (χ0) is 17.1. The second-order valence-corrected chi connectivity index (χ2v) is 6.47. The van der Waals surface area contributed by atoms with Crippen molar-refractivity contribution in [1.29, 1.82) is 0 Å². The molecule has 0 radical (unpaired) electrons. The predicted octanol–water partition coefficient (Wildman–Crippen LogP) is 3.53. The van der Waals surface area contributed by atoms with Crippen molar-refractivity contribution in [1.82, 2.24) is 0 Å². The lowest BCUT2D eigenvalue weighted by Gasteiger charge is -2.22. The van der Waals surface area contributed by atoms with Crippen LogP contribution < -0.4 is 0 Å². The highest BCUT2D eigenvalue weighted by Crippen LogP contribution is 2.44. The van der Waals surface area contributed by atoms with Gasteiger partial charge < -0.3 is 9.47 Å². The molecule has 4 atom stereocenters. The summed E-state index contributed by atoms with van der Waals surface area (Å²) in [7, 11) is 0. The molecule has 1 aromatic rings. The summed E-state index contributed by atoms with van der Waals surface area (Å²) in [6.07, 6.45) is 7.05. The van der Waals surface area contributed by atoms with Crippen molar-refractivity contribution in [3.63, 3.8) is 0 Å². The van der Waals surface area contributed by atoms with Crippen molar-refractivity contribution in [3.05, 3.63) is 53.6 Å². The van der Waals surface area contributed by atoms with Gasteiger partial charge in [0.15, 0.2) is 0 Å². The summed E-state index contributed by atoms with van der Waals surface area (Å²) in [5.41, 5.74) is 2.38. The van der Waals surface area contributed by atoms with Gasteiger partial charge in [-0.15, -0.1) is 0 Å². The summed E-state index contributed by atoms with van der Waals surface area (Å²) in [5.74, 6) is -0.215. The van der Waals surface area contributed by atoms with Gasteiger partial charge in [-0.25, -0.2) is 0 Å². The maximum absolute atomic E-state index is 11.5.